The Morgan fingerprint density at radius 2 is 2.29 bits per heavy atom. The molecule has 1 aromatic rings. The average Bonchev–Trinajstić information content (AvgIpc) is 2.16. The molecule has 6 heteroatoms. The van der Waals surface area contributed by atoms with E-state index in [4.69, 9.17) is 11.0 Å². The molecule has 0 spiro atoms. The second-order valence-corrected chi connectivity index (χ2v) is 2.43. The maximum absolute atomic E-state index is 12.2. The summed E-state index contributed by atoms with van der Waals surface area (Å²) in [5, 5.41) is 8.54. The van der Waals surface area contributed by atoms with E-state index in [9.17, 15) is 13.6 Å². The summed E-state index contributed by atoms with van der Waals surface area (Å²) >= 11 is 0. The fourth-order valence-corrected chi connectivity index (χ4v) is 0.933. The van der Waals surface area contributed by atoms with Gasteiger partial charge in [-0.25, -0.2) is 13.8 Å². The average molecular weight is 197 g/mol. The number of halogens is 2. The quantitative estimate of drug-likeness (QED) is 0.724. The Bertz CT molecular complexity index is 412. The Kier molecular flexibility index (Phi) is 2.72. The monoisotopic (exact) mass is 197 g/mol. The van der Waals surface area contributed by atoms with Gasteiger partial charge in [0.15, 0.2) is 6.29 Å². The highest BCUT2D eigenvalue weighted by molar-refractivity contribution is 5.82. The van der Waals surface area contributed by atoms with E-state index < -0.39 is 12.1 Å². The van der Waals surface area contributed by atoms with Crippen LogP contribution >= 0.6 is 0 Å². The van der Waals surface area contributed by atoms with E-state index in [1.807, 2.05) is 0 Å². The van der Waals surface area contributed by atoms with Crippen LogP contribution in [0.5, 0.6) is 0 Å². The van der Waals surface area contributed by atoms with Gasteiger partial charge in [0.2, 0.25) is 0 Å². The Hall–Kier alpha value is -2.03. The summed E-state index contributed by atoms with van der Waals surface area (Å²) in [6, 6.07) is 2.47. The fourth-order valence-electron chi connectivity index (χ4n) is 0.933. The molecule has 0 fully saturated rings. The molecule has 0 bridgehead atoms. The number of nitrogens with zero attached hydrogens (tertiary/aromatic N) is 2. The first-order chi connectivity index (χ1) is 6.60. The Balaban J connectivity index is 3.40. The lowest BCUT2D eigenvalue weighted by molar-refractivity contribution is 0.112. The number of nitrogen functional groups attached to an aromatic ring is 1. The molecule has 14 heavy (non-hydrogen) atoms. The number of hydrogen-bond donors (Lipinski definition) is 1. The van der Waals surface area contributed by atoms with Crippen LogP contribution in [-0.2, 0) is 0 Å². The first kappa shape index (κ1) is 10.1. The van der Waals surface area contributed by atoms with Crippen molar-refractivity contribution >= 4 is 12.1 Å². The lowest BCUT2D eigenvalue weighted by Crippen LogP contribution is -2.03. The summed E-state index contributed by atoms with van der Waals surface area (Å²) in [4.78, 5) is 13.7. The minimum atomic E-state index is -2.82. The van der Waals surface area contributed by atoms with E-state index in [0.29, 0.717) is 6.29 Å². The van der Waals surface area contributed by atoms with Crippen LogP contribution < -0.4 is 5.73 Å². The van der Waals surface area contributed by atoms with Gasteiger partial charge in [0, 0.05) is 5.56 Å². The van der Waals surface area contributed by atoms with E-state index >= 15 is 0 Å². The van der Waals surface area contributed by atoms with Crippen molar-refractivity contribution in [1.29, 1.82) is 5.26 Å². The molecule has 0 atom stereocenters. The number of carbonyl (C=O) groups is 1. The molecule has 2 N–H and O–H groups in total. The second kappa shape index (κ2) is 3.79. The van der Waals surface area contributed by atoms with Gasteiger partial charge in [0.05, 0.1) is 0 Å². The zero-order valence-electron chi connectivity index (χ0n) is 6.87. The van der Waals surface area contributed by atoms with Crippen LogP contribution in [-0.4, -0.2) is 11.3 Å². The van der Waals surface area contributed by atoms with Crippen LogP contribution in [0.1, 0.15) is 28.0 Å². The Labute approximate surface area is 78.0 Å². The summed E-state index contributed by atoms with van der Waals surface area (Å²) in [6.45, 7) is 0. The van der Waals surface area contributed by atoms with Crippen LogP contribution in [0.2, 0.25) is 0 Å². The molecule has 0 saturated heterocycles. The molecule has 0 aromatic carbocycles. The molecule has 4 nitrogen and oxygen atoms in total. The van der Waals surface area contributed by atoms with Crippen molar-refractivity contribution in [3.8, 4) is 6.07 Å². The second-order valence-electron chi connectivity index (χ2n) is 2.43. The van der Waals surface area contributed by atoms with E-state index in [0.717, 1.165) is 6.07 Å². The van der Waals surface area contributed by atoms with Gasteiger partial charge in [-0.05, 0) is 6.07 Å². The predicted molar refractivity (Wildman–Crippen MR) is 43.7 cm³/mol. The summed E-state index contributed by atoms with van der Waals surface area (Å²) < 4.78 is 24.4. The van der Waals surface area contributed by atoms with Crippen molar-refractivity contribution in [2.45, 2.75) is 6.43 Å². The normalized spacial score (nSPS) is 9.86. The van der Waals surface area contributed by atoms with Crippen molar-refractivity contribution in [1.82, 2.24) is 4.98 Å². The highest BCUT2D eigenvalue weighted by Crippen LogP contribution is 2.21. The zero-order valence-corrected chi connectivity index (χ0v) is 6.87. The maximum Gasteiger partial charge on any atom is 0.280 e. The molecule has 0 aliphatic carbocycles. The number of anilines is 1. The number of rotatable bonds is 2. The molecule has 1 heterocycles. The number of alkyl halides is 2. The van der Waals surface area contributed by atoms with Crippen molar-refractivity contribution in [2.75, 3.05) is 5.73 Å². The Morgan fingerprint density at radius 3 is 2.71 bits per heavy atom. The molecule has 0 amide bonds. The number of aromatic nitrogens is 1. The van der Waals surface area contributed by atoms with Crippen LogP contribution in [0, 0.1) is 11.3 Å². The minimum absolute atomic E-state index is 0.171. The lowest BCUT2D eigenvalue weighted by atomic mass is 10.1. The summed E-state index contributed by atoms with van der Waals surface area (Å²) in [7, 11) is 0. The molecular formula is C8H5F2N3O. The largest absolute Gasteiger partial charge is 0.383 e. The molecule has 0 aliphatic heterocycles. The van der Waals surface area contributed by atoms with Crippen LogP contribution in [0.3, 0.4) is 0 Å². The van der Waals surface area contributed by atoms with Gasteiger partial charge < -0.3 is 5.73 Å². The smallest absolute Gasteiger partial charge is 0.280 e. The summed E-state index contributed by atoms with van der Waals surface area (Å²) in [5.74, 6) is -0.354. The van der Waals surface area contributed by atoms with Crippen LogP contribution in [0.15, 0.2) is 6.07 Å². The van der Waals surface area contributed by atoms with Gasteiger partial charge >= 0.3 is 0 Å². The molecular weight excluding hydrogens is 192 g/mol. The highest BCUT2D eigenvalue weighted by atomic mass is 19.3. The lowest BCUT2D eigenvalue weighted by Gasteiger charge is -2.03. The number of pyridine rings is 1. The summed E-state index contributed by atoms with van der Waals surface area (Å²) in [6.07, 6.45) is -2.52. The standard InChI is InChI=1S/C8H5F2N3O/c9-7(10)6-1-4(3-14)5(2-11)8(12)13-6/h1,3,7H,(H2,12,13). The predicted octanol–water partition coefficient (Wildman–Crippen LogP) is 1.29. The molecule has 1 rings (SSSR count). The van der Waals surface area contributed by atoms with Gasteiger partial charge in [-0.2, -0.15) is 5.26 Å². The third-order valence-electron chi connectivity index (χ3n) is 1.56. The van der Waals surface area contributed by atoms with Crippen LogP contribution in [0.25, 0.3) is 0 Å². The molecule has 0 saturated carbocycles. The molecule has 0 unspecified atom stereocenters. The van der Waals surface area contributed by atoms with E-state index in [-0.39, 0.29) is 16.9 Å². The fraction of sp³-hybridized carbons (Fsp3) is 0.125. The first-order valence-corrected chi connectivity index (χ1v) is 3.54. The van der Waals surface area contributed by atoms with Gasteiger partial charge in [-0.3, -0.25) is 4.79 Å². The van der Waals surface area contributed by atoms with Crippen molar-refractivity contribution < 1.29 is 13.6 Å². The topological polar surface area (TPSA) is 79.8 Å². The third kappa shape index (κ3) is 1.66. The molecule has 0 radical (unpaired) electrons. The number of carbonyl (C=O) groups excluding carboxylic acids is 1. The number of aldehydes is 1. The van der Waals surface area contributed by atoms with Gasteiger partial charge in [0.25, 0.3) is 6.43 Å². The van der Waals surface area contributed by atoms with Crippen LogP contribution in [0.4, 0.5) is 14.6 Å². The van der Waals surface area contributed by atoms with E-state index in [1.54, 1.807) is 6.07 Å². The minimum Gasteiger partial charge on any atom is -0.383 e. The number of hydrogen-bond acceptors (Lipinski definition) is 4. The van der Waals surface area contributed by atoms with E-state index in [2.05, 4.69) is 4.98 Å². The number of nitriles is 1. The van der Waals surface area contributed by atoms with Gasteiger partial charge in [-0.1, -0.05) is 0 Å². The van der Waals surface area contributed by atoms with Crippen molar-refractivity contribution in [3.63, 3.8) is 0 Å². The van der Waals surface area contributed by atoms with E-state index in [1.165, 1.54) is 0 Å². The Morgan fingerprint density at radius 1 is 1.64 bits per heavy atom. The highest BCUT2D eigenvalue weighted by Gasteiger charge is 2.15. The zero-order chi connectivity index (χ0) is 10.7. The third-order valence-corrected chi connectivity index (χ3v) is 1.56. The molecule has 0 aliphatic rings. The SMILES string of the molecule is N#Cc1c(C=O)cc(C(F)F)nc1N. The van der Waals surface area contributed by atoms with Crippen molar-refractivity contribution in [3.05, 3.63) is 22.9 Å². The first-order valence-electron chi connectivity index (χ1n) is 3.54. The maximum atomic E-state index is 12.2. The van der Waals surface area contributed by atoms with Gasteiger partial charge in [-0.15, -0.1) is 0 Å². The van der Waals surface area contributed by atoms with Gasteiger partial charge in [0.1, 0.15) is 23.1 Å². The van der Waals surface area contributed by atoms with Crippen molar-refractivity contribution in [2.24, 2.45) is 0 Å². The number of nitrogens with two attached hydrogens (primary N) is 1. The molecule has 72 valence electrons. The summed E-state index contributed by atoms with van der Waals surface area (Å²) in [5.41, 5.74) is 4.26. The molecule has 1 aromatic heterocycles.